The molecule has 3 unspecified atom stereocenters. The first-order chi connectivity index (χ1) is 15.9. The third-order valence-electron chi connectivity index (χ3n) is 9.31. The first-order valence-corrected chi connectivity index (χ1v) is 11.9. The minimum absolute atomic E-state index is 0.442. The van der Waals surface area contributed by atoms with Crippen molar-refractivity contribution in [2.45, 2.75) is 84.0 Å². The van der Waals surface area contributed by atoms with E-state index >= 15 is 0 Å². The van der Waals surface area contributed by atoms with E-state index in [2.05, 4.69) is 0 Å². The third-order valence-corrected chi connectivity index (χ3v) is 9.31. The minimum atomic E-state index is -1.52. The van der Waals surface area contributed by atoms with Crippen LogP contribution >= 0.6 is 0 Å². The molecule has 1 N–H and O–H groups in total. The van der Waals surface area contributed by atoms with Crippen LogP contribution in [0.15, 0.2) is 0 Å². The Hall–Kier alpha value is -1.75. The van der Waals surface area contributed by atoms with Gasteiger partial charge in [0, 0.05) is 25.9 Å². The molecule has 0 radical (unpaired) electrons. The Balaban J connectivity index is 1.80. The van der Waals surface area contributed by atoms with Crippen LogP contribution in [0.25, 0.3) is 0 Å². The molecule has 0 aromatic heterocycles. The standard InChI is InChI=1S/C24H34O10/c1-10(17(26)30-7)12-8-9-22-15-13(31-11(2)25)14(21(3,4)5)23(22)16(29-6)18(27)33-20(23)34-24(12,22)19(28)32-15/h10,12-16,18,20,27H,8-9H2,1-7H3/t10?,12-,13-,14+,15-,16+,18?,20?,22-,23+,24-/m1/s1. The number of aliphatic hydroxyl groups excluding tert-OH is 1. The summed E-state index contributed by atoms with van der Waals surface area (Å²) in [5, 5.41) is 10.9. The van der Waals surface area contributed by atoms with Gasteiger partial charge in [-0.25, -0.2) is 4.79 Å². The Bertz CT molecular complexity index is 927. The van der Waals surface area contributed by atoms with Gasteiger partial charge in [0.25, 0.3) is 0 Å². The molecule has 0 bridgehead atoms. The smallest absolute Gasteiger partial charge is 0.340 e. The first-order valence-electron chi connectivity index (χ1n) is 11.9. The second kappa shape index (κ2) is 7.15. The van der Waals surface area contributed by atoms with Gasteiger partial charge in [-0.15, -0.1) is 0 Å². The highest BCUT2D eigenvalue weighted by Gasteiger charge is 2.97. The molecule has 0 aromatic rings. The van der Waals surface area contributed by atoms with Crippen LogP contribution in [0, 0.1) is 34.0 Å². The largest absolute Gasteiger partial charge is 0.469 e. The molecule has 10 nitrogen and oxygen atoms in total. The second-order valence-electron chi connectivity index (χ2n) is 11.5. The molecule has 190 valence electrons. The van der Waals surface area contributed by atoms with Crippen molar-refractivity contribution in [2.75, 3.05) is 14.2 Å². The SMILES string of the molecule is COC(=O)C(C)[C@H]1CC[C@]23[C@@H]4OC(=O)[C@]12OC1OC(O)[C@H](OC)[C@@]13[C@H](C(C)(C)C)[C@H]4OC(C)=O. The molecule has 2 spiro atoms. The van der Waals surface area contributed by atoms with Crippen LogP contribution in [0.1, 0.15) is 47.5 Å². The summed E-state index contributed by atoms with van der Waals surface area (Å²) < 4.78 is 35.4. The molecule has 5 aliphatic rings. The lowest BCUT2D eigenvalue weighted by atomic mass is 9.51. The number of aliphatic hydroxyl groups is 1. The Morgan fingerprint density at radius 2 is 1.91 bits per heavy atom. The summed E-state index contributed by atoms with van der Waals surface area (Å²) >= 11 is 0. The minimum Gasteiger partial charge on any atom is -0.469 e. The van der Waals surface area contributed by atoms with Crippen molar-refractivity contribution in [1.82, 2.24) is 0 Å². The fraction of sp³-hybridized carbons (Fsp3) is 0.875. The highest BCUT2D eigenvalue weighted by atomic mass is 16.8. The van der Waals surface area contributed by atoms with Crippen LogP contribution in [0.4, 0.5) is 0 Å². The molecule has 2 aliphatic carbocycles. The van der Waals surface area contributed by atoms with E-state index < -0.39 is 88.4 Å². The van der Waals surface area contributed by atoms with Crippen LogP contribution in [0.5, 0.6) is 0 Å². The molecule has 3 aliphatic heterocycles. The van der Waals surface area contributed by atoms with E-state index in [1.807, 2.05) is 20.8 Å². The number of ether oxygens (including phenoxy) is 6. The van der Waals surface area contributed by atoms with E-state index in [0.717, 1.165) is 0 Å². The van der Waals surface area contributed by atoms with Crippen LogP contribution in [-0.2, 0) is 42.8 Å². The van der Waals surface area contributed by atoms with Crippen molar-refractivity contribution < 1.29 is 47.9 Å². The molecule has 11 atom stereocenters. The van der Waals surface area contributed by atoms with Gasteiger partial charge < -0.3 is 33.5 Å². The highest BCUT2D eigenvalue weighted by molar-refractivity contribution is 5.88. The van der Waals surface area contributed by atoms with Crippen LogP contribution < -0.4 is 0 Å². The summed E-state index contributed by atoms with van der Waals surface area (Å²) in [7, 11) is 2.80. The predicted molar refractivity (Wildman–Crippen MR) is 113 cm³/mol. The number of hydrogen-bond acceptors (Lipinski definition) is 10. The van der Waals surface area contributed by atoms with Gasteiger partial charge >= 0.3 is 17.9 Å². The van der Waals surface area contributed by atoms with E-state index in [4.69, 9.17) is 28.4 Å². The zero-order chi connectivity index (χ0) is 25.0. The Morgan fingerprint density at radius 3 is 2.47 bits per heavy atom. The molecule has 0 aromatic carbocycles. The van der Waals surface area contributed by atoms with Gasteiger partial charge in [-0.05, 0) is 18.3 Å². The number of rotatable bonds is 4. The normalized spacial score (nSPS) is 49.3. The molecule has 5 fully saturated rings. The van der Waals surface area contributed by atoms with Crippen molar-refractivity contribution >= 4 is 17.9 Å². The first kappa shape index (κ1) is 24.0. The molecule has 34 heavy (non-hydrogen) atoms. The van der Waals surface area contributed by atoms with Gasteiger partial charge in [-0.2, -0.15) is 0 Å². The average molecular weight is 483 g/mol. The van der Waals surface area contributed by atoms with Gasteiger partial charge in [0.2, 0.25) is 0 Å². The summed E-state index contributed by atoms with van der Waals surface area (Å²) in [5.41, 5.74) is -4.11. The van der Waals surface area contributed by atoms with Crippen molar-refractivity contribution in [3.8, 4) is 0 Å². The van der Waals surface area contributed by atoms with Crippen molar-refractivity contribution in [3.05, 3.63) is 0 Å². The fourth-order valence-electron chi connectivity index (χ4n) is 8.75. The van der Waals surface area contributed by atoms with Gasteiger partial charge in [0.05, 0.1) is 23.9 Å². The lowest BCUT2D eigenvalue weighted by molar-refractivity contribution is -0.238. The van der Waals surface area contributed by atoms with Crippen LogP contribution in [0.3, 0.4) is 0 Å². The number of carbonyl (C=O) groups is 3. The average Bonchev–Trinajstić information content (AvgIpc) is 3.41. The van der Waals surface area contributed by atoms with E-state index in [1.54, 1.807) is 6.92 Å². The topological polar surface area (TPSA) is 127 Å². The maximum absolute atomic E-state index is 13.8. The number of hydrogen-bond donors (Lipinski definition) is 1. The number of esters is 3. The van der Waals surface area contributed by atoms with E-state index in [-0.39, 0.29) is 0 Å². The second-order valence-corrected chi connectivity index (χ2v) is 11.5. The fourth-order valence-corrected chi connectivity index (χ4v) is 8.75. The van der Waals surface area contributed by atoms with Gasteiger partial charge in [-0.3, -0.25) is 9.59 Å². The predicted octanol–water partition coefficient (Wildman–Crippen LogP) is 1.17. The lowest BCUT2D eigenvalue weighted by Crippen LogP contribution is -2.60. The maximum Gasteiger partial charge on any atom is 0.340 e. The molecule has 0 amide bonds. The molecular weight excluding hydrogens is 448 g/mol. The van der Waals surface area contributed by atoms with E-state index in [9.17, 15) is 19.5 Å². The lowest BCUT2D eigenvalue weighted by Gasteiger charge is -2.48. The third kappa shape index (κ3) is 2.34. The highest BCUT2D eigenvalue weighted by Crippen LogP contribution is 2.84. The summed E-state index contributed by atoms with van der Waals surface area (Å²) in [6, 6.07) is 0. The molecule has 5 rings (SSSR count). The monoisotopic (exact) mass is 482 g/mol. The Morgan fingerprint density at radius 1 is 1.24 bits per heavy atom. The zero-order valence-electron chi connectivity index (χ0n) is 20.7. The van der Waals surface area contributed by atoms with Gasteiger partial charge in [0.15, 0.2) is 18.2 Å². The maximum atomic E-state index is 13.8. The molecular formula is C24H34O10. The van der Waals surface area contributed by atoms with Gasteiger partial charge in [0.1, 0.15) is 18.3 Å². The number of methoxy groups -OCH3 is 2. The summed E-state index contributed by atoms with van der Waals surface area (Å²) in [4.78, 5) is 38.6. The molecule has 2 saturated carbocycles. The quantitative estimate of drug-likeness (QED) is 0.461. The van der Waals surface area contributed by atoms with Gasteiger partial charge in [-0.1, -0.05) is 27.7 Å². The summed E-state index contributed by atoms with van der Waals surface area (Å²) in [6.45, 7) is 9.09. The van der Waals surface area contributed by atoms with E-state index in [0.29, 0.717) is 12.8 Å². The Kier molecular flexibility index (Phi) is 5.04. The van der Waals surface area contributed by atoms with E-state index in [1.165, 1.54) is 21.1 Å². The van der Waals surface area contributed by atoms with Crippen molar-refractivity contribution in [3.63, 3.8) is 0 Å². The molecule has 3 heterocycles. The molecule has 10 heteroatoms. The zero-order valence-corrected chi connectivity index (χ0v) is 20.7. The van der Waals surface area contributed by atoms with Crippen LogP contribution in [-0.4, -0.2) is 73.7 Å². The van der Waals surface area contributed by atoms with Crippen molar-refractivity contribution in [2.24, 2.45) is 34.0 Å². The van der Waals surface area contributed by atoms with Crippen LogP contribution in [0.2, 0.25) is 0 Å². The molecule has 3 saturated heterocycles. The Labute approximate surface area is 198 Å². The summed E-state index contributed by atoms with van der Waals surface area (Å²) in [6.07, 6.45) is -3.88. The number of carbonyl (C=O) groups excluding carboxylic acids is 3. The van der Waals surface area contributed by atoms with Crippen molar-refractivity contribution in [1.29, 1.82) is 0 Å². The summed E-state index contributed by atoms with van der Waals surface area (Å²) in [5.74, 6) is -3.18.